The summed E-state index contributed by atoms with van der Waals surface area (Å²) < 4.78 is 62.7. The Kier molecular flexibility index (Phi) is 5910. The van der Waals surface area contributed by atoms with Crippen molar-refractivity contribution in [1.29, 1.82) is 0 Å². The molecule has 0 rings (SSSR count). The fourth-order valence-corrected chi connectivity index (χ4v) is 0. The van der Waals surface area contributed by atoms with E-state index in [2.05, 4.69) is 67.1 Å². The molecule has 24 heavy (non-hydrogen) atoms. The van der Waals surface area contributed by atoms with Gasteiger partial charge in [0.15, 0.2) is 0 Å². The van der Waals surface area contributed by atoms with Gasteiger partial charge in [-0.25, -0.2) is 0 Å². The normalized spacial score (nSPS) is 2.17. The second-order valence-corrected chi connectivity index (χ2v) is 5.55. The first kappa shape index (κ1) is 85.9. The van der Waals surface area contributed by atoms with Gasteiger partial charge in [-0.1, -0.05) is 0 Å². The molecule has 0 aromatic carbocycles. The monoisotopic (exact) mass is 812 g/mol. The van der Waals surface area contributed by atoms with Gasteiger partial charge >= 0.3 is 162 Å². The molecule has 0 saturated carbocycles. The van der Waals surface area contributed by atoms with Crippen molar-refractivity contribution < 1.29 is 71.4 Å². The minimum absolute atomic E-state index is 0. The summed E-state index contributed by atoms with van der Waals surface area (Å²) in [6, 6.07) is 0. The molecule has 0 spiro atoms. The third-order valence-electron chi connectivity index (χ3n) is 0. The third kappa shape index (κ3) is 20400. The van der Waals surface area contributed by atoms with E-state index in [1.54, 1.807) is 0 Å². The number of hydrogen-bond donors (Lipinski definition) is 0. The van der Waals surface area contributed by atoms with Crippen LogP contribution >= 0.6 is 0 Å². The van der Waals surface area contributed by atoms with Crippen LogP contribution < -0.4 is 0 Å². The molecule has 0 N–H and O–H groups in total. The fourth-order valence-electron chi connectivity index (χ4n) is 0. The summed E-state index contributed by atoms with van der Waals surface area (Å²) >= 11 is 3.04. The largest absolute Gasteiger partial charge is 0 e. The summed E-state index contributed by atoms with van der Waals surface area (Å²) in [5.74, 6) is 0. The maximum Gasteiger partial charge on any atom is 0 e. The van der Waals surface area contributed by atoms with Crippen LogP contribution in [0.25, 0.3) is 0 Å². The van der Waals surface area contributed by atoms with Crippen LogP contribution in [-0.4, -0.2) is 49.4 Å². The van der Waals surface area contributed by atoms with Crippen LogP contribution in [-0.2, 0) is 71.4 Å². The van der Waals surface area contributed by atoms with E-state index < -0.39 is 0 Å². The molecule has 12 heteroatoms. The van der Waals surface area contributed by atoms with E-state index in [0.717, 1.165) is 0 Å². The van der Waals surface area contributed by atoms with E-state index in [-0.39, 0.29) is 34.1 Å². The van der Waals surface area contributed by atoms with Gasteiger partial charge in [0.1, 0.15) is 0 Å². The molecule has 0 saturated heterocycles. The van der Waals surface area contributed by atoms with Gasteiger partial charge in [-0.15, -0.1) is 0 Å². The molecule has 4 radical (unpaired) electrons. The van der Waals surface area contributed by atoms with Crippen molar-refractivity contribution in [3.05, 3.63) is 53.2 Å². The van der Waals surface area contributed by atoms with Crippen LogP contribution in [0.3, 0.4) is 0 Å². The molecule has 0 aliphatic heterocycles. The van der Waals surface area contributed by atoms with Gasteiger partial charge in [-0.05, 0) is 0 Å². The molecule has 0 fully saturated rings. The Morgan fingerprint density at radius 3 is 0.417 bits per heavy atom. The van der Waals surface area contributed by atoms with Gasteiger partial charge in [0.25, 0.3) is 0 Å². The standard InChI is InChI=1S/2C2H5.8CO.2Bi.2Fe/c10*1-2;;;;/h2*1H2,2H3;;;;;;;;;;;;. The number of rotatable bonds is 0. The molecule has 8 nitrogen and oxygen atoms in total. The van der Waals surface area contributed by atoms with Crippen LogP contribution in [0.4, 0.5) is 0 Å². The number of hydrogen-bond acceptors (Lipinski definition) is 0. The van der Waals surface area contributed by atoms with Crippen LogP contribution in [0, 0.1) is 53.2 Å². The Morgan fingerprint density at radius 1 is 0.417 bits per heavy atom. The van der Waals surface area contributed by atoms with Gasteiger partial charge in [-0.2, -0.15) is 0 Å². The second-order valence-electron chi connectivity index (χ2n) is 0.632. The summed E-state index contributed by atoms with van der Waals surface area (Å²) in [4.78, 5) is 0. The first-order valence-electron chi connectivity index (χ1n) is 3.68. The van der Waals surface area contributed by atoms with Crippen molar-refractivity contribution in [3.63, 3.8) is 0 Å². The van der Waals surface area contributed by atoms with Gasteiger partial charge in [0.2, 0.25) is 0 Å². The van der Waals surface area contributed by atoms with Gasteiger partial charge < -0.3 is 0 Å². The van der Waals surface area contributed by atoms with Crippen molar-refractivity contribution in [2.45, 2.75) is 22.1 Å². The molecule has 0 aliphatic rings. The Labute approximate surface area is 194 Å². The van der Waals surface area contributed by atoms with Gasteiger partial charge in [-0.3, -0.25) is 0 Å². The topological polar surface area (TPSA) is 159 Å². The van der Waals surface area contributed by atoms with Crippen molar-refractivity contribution in [1.82, 2.24) is 0 Å². The molecule has 0 aromatic heterocycles. The summed E-state index contributed by atoms with van der Waals surface area (Å²) in [6.45, 7) is 40.3. The molecule has 132 valence electrons. The maximum atomic E-state index is 7.50. The van der Waals surface area contributed by atoms with Crippen molar-refractivity contribution in [2.24, 2.45) is 0 Å². The smallest absolute Gasteiger partial charge is 0 e. The first-order chi connectivity index (χ1) is 10.8. The minimum atomic E-state index is 0. The van der Waals surface area contributed by atoms with Crippen LogP contribution in [0.5, 0.6) is 0 Å². The van der Waals surface area contributed by atoms with E-state index in [4.69, 9.17) is 37.2 Å². The first-order valence-corrected chi connectivity index (χ1v) is 8.60. The molecule has 0 aliphatic carbocycles. The summed E-state index contributed by atoms with van der Waals surface area (Å²) in [5, 5.41) is 0. The van der Waals surface area contributed by atoms with Crippen LogP contribution in [0.2, 0.25) is 8.26 Å². The van der Waals surface area contributed by atoms with Crippen molar-refractivity contribution >= 4 is 49.4 Å². The Morgan fingerprint density at radius 2 is 0.417 bits per heavy atom. The molecular formula is C12H10Bi2Fe2O8. The Hall–Kier alpha value is 0.725. The maximum absolute atomic E-state index is 7.50. The second kappa shape index (κ2) is 1650. The molecule has 0 aromatic rings. The quantitative estimate of drug-likeness (QED) is 0.194. The van der Waals surface area contributed by atoms with Crippen LogP contribution in [0.15, 0.2) is 0 Å². The summed E-state index contributed by atoms with van der Waals surface area (Å²) in [6.07, 6.45) is 0. The van der Waals surface area contributed by atoms with Crippen molar-refractivity contribution in [3.8, 4) is 0 Å². The van der Waals surface area contributed by atoms with E-state index >= 15 is 0 Å². The predicted molar refractivity (Wildman–Crippen MR) is 63.9 cm³/mol. The summed E-state index contributed by atoms with van der Waals surface area (Å²) in [7, 11) is 0. The molecule has 0 heterocycles. The van der Waals surface area contributed by atoms with E-state index in [9.17, 15) is 0 Å². The SMILES string of the molecule is C[CH2][Bi].C[CH2][Bi].[C-]#[O+].[C-]#[O+].[C-]#[O+].[C-]#[O+].[C-]#[O+].[C-]#[O+].[C-]#[O+].[C-]#[O+].[Fe].[Fe]. The van der Waals surface area contributed by atoms with E-state index in [1.807, 2.05) is 0 Å². The van der Waals surface area contributed by atoms with Crippen molar-refractivity contribution in [2.75, 3.05) is 0 Å². The zero-order valence-corrected chi connectivity index (χ0v) is 21.4. The zero-order valence-electron chi connectivity index (χ0n) is 12.3. The fraction of sp³-hybridized carbons (Fsp3) is 0.333. The Balaban J connectivity index is -0.00000000665. The Bertz CT molecular complexity index is 171. The minimum Gasteiger partial charge on any atom is 0 e. The molecular weight excluding hydrogens is 802 g/mol. The van der Waals surface area contributed by atoms with E-state index in [1.165, 1.54) is 57.7 Å². The van der Waals surface area contributed by atoms with E-state index in [0.29, 0.717) is 0 Å². The average molecular weight is 812 g/mol. The summed E-state index contributed by atoms with van der Waals surface area (Å²) in [5.41, 5.74) is 0. The van der Waals surface area contributed by atoms with Gasteiger partial charge in [0, 0.05) is 34.1 Å². The van der Waals surface area contributed by atoms with Crippen LogP contribution in [0.1, 0.15) is 13.8 Å². The molecule has 0 amide bonds. The average Bonchev–Trinajstić information content (AvgIpc) is 2.69. The van der Waals surface area contributed by atoms with Gasteiger partial charge in [0.05, 0.1) is 0 Å². The molecule has 0 atom stereocenters. The molecule has 0 unspecified atom stereocenters. The predicted octanol–water partition coefficient (Wildman–Crippen LogP) is 0.881. The zero-order chi connectivity index (χ0) is 21.4. The molecule has 0 bridgehead atoms. The third-order valence-corrected chi connectivity index (χ3v) is 0.